The molecule has 144 valence electrons. The van der Waals surface area contributed by atoms with Gasteiger partial charge in [-0.3, -0.25) is 4.98 Å². The van der Waals surface area contributed by atoms with Crippen molar-refractivity contribution in [3.63, 3.8) is 0 Å². The fourth-order valence-electron chi connectivity index (χ4n) is 3.79. The molecule has 0 spiro atoms. The van der Waals surface area contributed by atoms with Gasteiger partial charge in [0.25, 0.3) is 0 Å². The third-order valence-electron chi connectivity index (χ3n) is 5.04. The lowest BCUT2D eigenvalue weighted by Gasteiger charge is -2.28. The number of rotatable bonds is 3. The maximum absolute atomic E-state index is 9.83. The molecule has 1 aromatic heterocycles. The van der Waals surface area contributed by atoms with Gasteiger partial charge in [-0.25, -0.2) is 0 Å². The molecule has 1 unspecified atom stereocenters. The van der Waals surface area contributed by atoms with Crippen LogP contribution in [0, 0.1) is 11.3 Å². The maximum atomic E-state index is 9.83. The Balaban J connectivity index is 2.04. The number of methoxy groups -OCH3 is 2. The van der Waals surface area contributed by atoms with Crippen LogP contribution in [0.25, 0.3) is 10.9 Å². The zero-order chi connectivity index (χ0) is 20.7. The van der Waals surface area contributed by atoms with Crippen molar-refractivity contribution in [1.29, 1.82) is 5.26 Å². The van der Waals surface area contributed by atoms with Crippen molar-refractivity contribution in [3.8, 4) is 23.3 Å². The third kappa shape index (κ3) is 2.93. The summed E-state index contributed by atoms with van der Waals surface area (Å²) < 4.78 is 16.8. The molecule has 2 heterocycles. The lowest BCUT2D eigenvalue weighted by molar-refractivity contribution is 0.356. The zero-order valence-electron chi connectivity index (χ0n) is 16.1. The van der Waals surface area contributed by atoms with E-state index in [0.29, 0.717) is 33.4 Å². The number of hydrogen-bond donors (Lipinski definition) is 1. The Labute approximate surface area is 173 Å². The summed E-state index contributed by atoms with van der Waals surface area (Å²) >= 11 is 6.54. The van der Waals surface area contributed by atoms with Crippen LogP contribution in [0.1, 0.15) is 17.0 Å². The van der Waals surface area contributed by atoms with Gasteiger partial charge in [0.15, 0.2) is 17.2 Å². The van der Waals surface area contributed by atoms with E-state index in [4.69, 9.17) is 31.5 Å². The second-order valence-electron chi connectivity index (χ2n) is 6.67. The molecule has 3 aromatic rings. The van der Waals surface area contributed by atoms with Gasteiger partial charge < -0.3 is 19.9 Å². The summed E-state index contributed by atoms with van der Waals surface area (Å²) in [5, 5.41) is 11.1. The Hall–Kier alpha value is -3.37. The number of hydrogen-bond acceptors (Lipinski definition) is 6. The summed E-state index contributed by atoms with van der Waals surface area (Å²) in [6.45, 7) is 0. The van der Waals surface area contributed by atoms with Crippen molar-refractivity contribution in [1.82, 2.24) is 4.98 Å². The van der Waals surface area contributed by atoms with Crippen LogP contribution in [0.4, 0.5) is 0 Å². The Bertz CT molecular complexity index is 1220. The van der Waals surface area contributed by atoms with Crippen LogP contribution in [0.5, 0.6) is 17.2 Å². The van der Waals surface area contributed by atoms with Gasteiger partial charge in [-0.05, 0) is 35.3 Å². The molecule has 1 atom stereocenters. The Morgan fingerprint density at radius 3 is 2.76 bits per heavy atom. The van der Waals surface area contributed by atoms with Crippen molar-refractivity contribution in [2.45, 2.75) is 5.92 Å². The molecular weight excluding hydrogens is 389 g/mol. The molecule has 1 aliphatic heterocycles. The average molecular weight is 406 g/mol. The second-order valence-corrected chi connectivity index (χ2v) is 7.08. The molecule has 2 aromatic carbocycles. The smallest absolute Gasteiger partial charge is 0.205 e. The molecule has 0 fully saturated rings. The number of aromatic nitrogens is 1. The van der Waals surface area contributed by atoms with Crippen molar-refractivity contribution in [3.05, 3.63) is 64.1 Å². The number of benzene rings is 2. The Morgan fingerprint density at radius 2 is 2.07 bits per heavy atom. The Kier molecular flexibility index (Phi) is 4.73. The van der Waals surface area contributed by atoms with E-state index in [1.165, 1.54) is 0 Å². The highest BCUT2D eigenvalue weighted by atomic mass is 35.5. The fourth-order valence-corrected chi connectivity index (χ4v) is 4.06. The van der Waals surface area contributed by atoms with E-state index in [9.17, 15) is 5.26 Å². The van der Waals surface area contributed by atoms with Gasteiger partial charge in [0.05, 0.1) is 25.2 Å². The predicted octanol–water partition coefficient (Wildman–Crippen LogP) is 2.38. The largest absolute Gasteiger partial charge is 0.493 e. The quantitative estimate of drug-likeness (QED) is 0.673. The normalized spacial score (nSPS) is 15.4. The number of nitrogens with zero attached hydrogens (tertiary/aromatic N) is 2. The molecule has 0 radical (unpaired) electrons. The monoisotopic (exact) mass is 405 g/mol. The van der Waals surface area contributed by atoms with E-state index < -0.39 is 5.92 Å². The standard InChI is InChI=1S/C21H17BClN3O3/c1-27-16-7-10(6-14(22)20(16)28-2)17-12-8-15(23)11-4-3-5-26-18(11)19(12)29-21(25)13(17)9-24/h3-8,17H,22,25H2,1-2H3. The van der Waals surface area contributed by atoms with E-state index in [0.717, 1.165) is 22.0 Å². The number of fused-ring (bicyclic) bond motifs is 3. The molecule has 0 saturated carbocycles. The van der Waals surface area contributed by atoms with Gasteiger partial charge in [-0.1, -0.05) is 17.7 Å². The first-order valence-electron chi connectivity index (χ1n) is 8.87. The minimum Gasteiger partial charge on any atom is -0.493 e. The van der Waals surface area contributed by atoms with Crippen molar-refractivity contribution < 1.29 is 14.2 Å². The fraction of sp³-hybridized carbons (Fsp3) is 0.143. The summed E-state index contributed by atoms with van der Waals surface area (Å²) in [5.41, 5.74) is 9.45. The topological polar surface area (TPSA) is 90.4 Å². The molecule has 0 saturated heterocycles. The molecule has 0 amide bonds. The van der Waals surface area contributed by atoms with Gasteiger partial charge in [0.1, 0.15) is 25.0 Å². The van der Waals surface area contributed by atoms with Crippen LogP contribution in [-0.2, 0) is 0 Å². The van der Waals surface area contributed by atoms with Crippen molar-refractivity contribution >= 4 is 35.8 Å². The number of pyridine rings is 1. The van der Waals surface area contributed by atoms with E-state index in [-0.39, 0.29) is 5.88 Å². The summed E-state index contributed by atoms with van der Waals surface area (Å²) in [4.78, 5) is 4.43. The molecule has 1 aliphatic rings. The zero-order valence-corrected chi connectivity index (χ0v) is 16.9. The summed E-state index contributed by atoms with van der Waals surface area (Å²) in [5.74, 6) is 1.27. The van der Waals surface area contributed by atoms with Crippen LogP contribution in [0.2, 0.25) is 5.02 Å². The molecule has 0 aliphatic carbocycles. The highest BCUT2D eigenvalue weighted by molar-refractivity contribution is 6.36. The van der Waals surface area contributed by atoms with E-state index >= 15 is 0 Å². The first-order valence-corrected chi connectivity index (χ1v) is 9.25. The van der Waals surface area contributed by atoms with Gasteiger partial charge in [-0.2, -0.15) is 5.26 Å². The van der Waals surface area contributed by atoms with E-state index in [1.54, 1.807) is 32.5 Å². The molecule has 0 bridgehead atoms. The van der Waals surface area contributed by atoms with Crippen LogP contribution in [0.15, 0.2) is 48.0 Å². The number of ether oxygens (including phenoxy) is 3. The number of allylic oxidation sites excluding steroid dienone is 1. The van der Waals surface area contributed by atoms with E-state index in [2.05, 4.69) is 11.1 Å². The van der Waals surface area contributed by atoms with Gasteiger partial charge in [0, 0.05) is 17.1 Å². The van der Waals surface area contributed by atoms with Gasteiger partial charge >= 0.3 is 0 Å². The van der Waals surface area contributed by atoms with Crippen LogP contribution < -0.4 is 25.4 Å². The highest BCUT2D eigenvalue weighted by Crippen LogP contribution is 2.47. The number of nitrogens with two attached hydrogens (primary N) is 1. The summed E-state index contributed by atoms with van der Waals surface area (Å²) in [7, 11) is 5.08. The first-order chi connectivity index (χ1) is 14.0. The molecule has 2 N–H and O–H groups in total. The summed E-state index contributed by atoms with van der Waals surface area (Å²) in [6, 6.07) is 11.5. The van der Waals surface area contributed by atoms with E-state index in [1.807, 2.05) is 26.0 Å². The molecule has 4 rings (SSSR count). The van der Waals surface area contributed by atoms with Crippen molar-refractivity contribution in [2.75, 3.05) is 14.2 Å². The SMILES string of the molecule is Bc1cc(C2C(C#N)=C(N)Oc3c2cc(Cl)c2cccnc32)cc(OC)c1OC. The van der Waals surface area contributed by atoms with Crippen LogP contribution >= 0.6 is 11.6 Å². The number of nitriles is 1. The molecule has 29 heavy (non-hydrogen) atoms. The number of halogens is 1. The Morgan fingerprint density at radius 1 is 1.28 bits per heavy atom. The highest BCUT2D eigenvalue weighted by Gasteiger charge is 2.33. The minimum absolute atomic E-state index is 0.0479. The molecule has 6 nitrogen and oxygen atoms in total. The summed E-state index contributed by atoms with van der Waals surface area (Å²) in [6.07, 6.45) is 1.66. The maximum Gasteiger partial charge on any atom is 0.205 e. The predicted molar refractivity (Wildman–Crippen MR) is 114 cm³/mol. The minimum atomic E-state index is -0.480. The van der Waals surface area contributed by atoms with Gasteiger partial charge in [-0.15, -0.1) is 0 Å². The van der Waals surface area contributed by atoms with Gasteiger partial charge in [0.2, 0.25) is 5.88 Å². The lowest BCUT2D eigenvalue weighted by Crippen LogP contribution is -2.22. The van der Waals surface area contributed by atoms with Crippen molar-refractivity contribution in [2.24, 2.45) is 5.73 Å². The van der Waals surface area contributed by atoms with Crippen LogP contribution in [-0.4, -0.2) is 27.0 Å². The van der Waals surface area contributed by atoms with Crippen LogP contribution in [0.3, 0.4) is 0 Å². The molecule has 8 heteroatoms. The average Bonchev–Trinajstić information content (AvgIpc) is 2.73. The first kappa shape index (κ1) is 19.0. The molecular formula is C21H17BClN3O3. The second kappa shape index (κ2) is 7.23. The third-order valence-corrected chi connectivity index (χ3v) is 5.36. The lowest BCUT2D eigenvalue weighted by atomic mass is 9.80.